The number of hydrogen-bond donors (Lipinski definition) is 1. The SMILES string of the molecule is O=C(COC(=O)CC12CC3CC(CC(C3)C1)C2)Nc1ccc(Cl)cc1. The number of carbonyl (C=O) groups is 2. The lowest BCUT2D eigenvalue weighted by atomic mass is 9.49. The molecule has 1 N–H and O–H groups in total. The summed E-state index contributed by atoms with van der Waals surface area (Å²) in [6.07, 6.45) is 8.07. The van der Waals surface area contributed by atoms with Gasteiger partial charge in [0.25, 0.3) is 5.91 Å². The van der Waals surface area contributed by atoms with Crippen molar-refractivity contribution in [3.8, 4) is 0 Å². The number of rotatable bonds is 5. The molecule has 1 aromatic carbocycles. The number of hydrogen-bond acceptors (Lipinski definition) is 3. The standard InChI is InChI=1S/C20H24ClNO3/c21-16-1-3-17(4-2-16)22-18(23)12-25-19(24)11-20-8-13-5-14(9-20)7-15(6-13)10-20/h1-4,13-15H,5-12H2,(H,22,23). The predicted octanol–water partition coefficient (Wildman–Crippen LogP) is 4.43. The highest BCUT2D eigenvalue weighted by Crippen LogP contribution is 2.61. The molecule has 1 aromatic rings. The minimum absolute atomic E-state index is 0.151. The van der Waals surface area contributed by atoms with Gasteiger partial charge in [-0.05, 0) is 86.0 Å². The fourth-order valence-corrected chi connectivity index (χ4v) is 5.87. The van der Waals surface area contributed by atoms with Crippen molar-refractivity contribution in [3.05, 3.63) is 29.3 Å². The normalized spacial score (nSPS) is 32.4. The van der Waals surface area contributed by atoms with Crippen LogP contribution in [0.1, 0.15) is 44.9 Å². The molecule has 4 nitrogen and oxygen atoms in total. The van der Waals surface area contributed by atoms with Gasteiger partial charge in [-0.15, -0.1) is 0 Å². The maximum atomic E-state index is 12.3. The van der Waals surface area contributed by atoms with Crippen LogP contribution in [0.15, 0.2) is 24.3 Å². The third-order valence-electron chi connectivity index (χ3n) is 6.18. The fourth-order valence-electron chi connectivity index (χ4n) is 5.74. The van der Waals surface area contributed by atoms with Crippen LogP contribution in [0, 0.1) is 23.2 Å². The van der Waals surface area contributed by atoms with Gasteiger partial charge in [-0.25, -0.2) is 0 Å². The van der Waals surface area contributed by atoms with E-state index >= 15 is 0 Å². The average molecular weight is 362 g/mol. The number of anilines is 1. The van der Waals surface area contributed by atoms with Crippen LogP contribution in [0.3, 0.4) is 0 Å². The molecule has 0 spiro atoms. The molecular formula is C20H24ClNO3. The summed E-state index contributed by atoms with van der Waals surface area (Å²) >= 11 is 5.82. The molecule has 134 valence electrons. The van der Waals surface area contributed by atoms with E-state index in [1.54, 1.807) is 24.3 Å². The molecule has 0 atom stereocenters. The molecule has 0 heterocycles. The molecule has 4 aliphatic carbocycles. The first kappa shape index (κ1) is 16.9. The first-order chi connectivity index (χ1) is 12.0. The van der Waals surface area contributed by atoms with Gasteiger partial charge in [0.05, 0.1) is 6.42 Å². The van der Waals surface area contributed by atoms with Crippen molar-refractivity contribution in [2.75, 3.05) is 11.9 Å². The van der Waals surface area contributed by atoms with E-state index in [4.69, 9.17) is 16.3 Å². The molecular weight excluding hydrogens is 338 g/mol. The highest BCUT2D eigenvalue weighted by molar-refractivity contribution is 6.30. The molecule has 25 heavy (non-hydrogen) atoms. The van der Waals surface area contributed by atoms with Gasteiger partial charge >= 0.3 is 5.97 Å². The van der Waals surface area contributed by atoms with Crippen LogP contribution in [-0.4, -0.2) is 18.5 Å². The maximum absolute atomic E-state index is 12.3. The summed E-state index contributed by atoms with van der Waals surface area (Å²) in [7, 11) is 0. The molecule has 4 aliphatic rings. The summed E-state index contributed by atoms with van der Waals surface area (Å²) in [4.78, 5) is 24.3. The molecule has 5 heteroatoms. The quantitative estimate of drug-likeness (QED) is 0.789. The largest absolute Gasteiger partial charge is 0.456 e. The zero-order valence-corrected chi connectivity index (χ0v) is 15.1. The summed E-state index contributed by atoms with van der Waals surface area (Å²) in [5, 5.41) is 3.32. The van der Waals surface area contributed by atoms with Gasteiger partial charge in [0.2, 0.25) is 0 Å². The zero-order valence-electron chi connectivity index (χ0n) is 14.3. The Morgan fingerprint density at radius 3 is 2.16 bits per heavy atom. The second-order valence-corrected chi connectivity index (χ2v) is 8.75. The second-order valence-electron chi connectivity index (χ2n) is 8.31. The Kier molecular flexibility index (Phi) is 4.48. The lowest BCUT2D eigenvalue weighted by molar-refractivity contribution is -0.154. The molecule has 4 saturated carbocycles. The highest BCUT2D eigenvalue weighted by atomic mass is 35.5. The van der Waals surface area contributed by atoms with Crippen LogP contribution in [-0.2, 0) is 14.3 Å². The number of ether oxygens (including phenoxy) is 1. The van der Waals surface area contributed by atoms with Crippen LogP contribution in [0.5, 0.6) is 0 Å². The Morgan fingerprint density at radius 2 is 1.60 bits per heavy atom. The van der Waals surface area contributed by atoms with Crippen LogP contribution in [0.4, 0.5) is 5.69 Å². The molecule has 0 aromatic heterocycles. The molecule has 0 unspecified atom stereocenters. The topological polar surface area (TPSA) is 55.4 Å². The first-order valence-electron chi connectivity index (χ1n) is 9.21. The summed E-state index contributed by atoms with van der Waals surface area (Å²) in [6.45, 7) is -0.228. The van der Waals surface area contributed by atoms with E-state index in [-0.39, 0.29) is 23.9 Å². The summed E-state index contributed by atoms with van der Waals surface area (Å²) in [5.74, 6) is 1.89. The molecule has 1 amide bonds. The number of nitrogens with one attached hydrogen (secondary N) is 1. The van der Waals surface area contributed by atoms with Gasteiger partial charge in [0.1, 0.15) is 0 Å². The van der Waals surface area contributed by atoms with Crippen molar-refractivity contribution in [2.45, 2.75) is 44.9 Å². The van der Waals surface area contributed by atoms with E-state index in [9.17, 15) is 9.59 Å². The van der Waals surface area contributed by atoms with Crippen molar-refractivity contribution >= 4 is 29.2 Å². The lowest BCUT2D eigenvalue weighted by Crippen LogP contribution is -2.47. The van der Waals surface area contributed by atoms with E-state index in [0.29, 0.717) is 17.1 Å². The number of carbonyl (C=O) groups excluding carboxylic acids is 2. The third kappa shape index (κ3) is 3.84. The summed E-state index contributed by atoms with van der Waals surface area (Å²) in [6, 6.07) is 6.85. The fraction of sp³-hybridized carbons (Fsp3) is 0.600. The Balaban J connectivity index is 1.26. The molecule has 5 rings (SSSR count). The average Bonchev–Trinajstić information content (AvgIpc) is 2.53. The van der Waals surface area contributed by atoms with E-state index in [2.05, 4.69) is 5.32 Å². The van der Waals surface area contributed by atoms with Crippen LogP contribution < -0.4 is 5.32 Å². The first-order valence-corrected chi connectivity index (χ1v) is 9.58. The molecule has 0 saturated heterocycles. The van der Waals surface area contributed by atoms with E-state index in [1.165, 1.54) is 38.5 Å². The number of esters is 1. The summed E-state index contributed by atoms with van der Waals surface area (Å²) < 4.78 is 5.26. The van der Waals surface area contributed by atoms with Crippen molar-refractivity contribution in [1.29, 1.82) is 0 Å². The molecule has 0 radical (unpaired) electrons. The van der Waals surface area contributed by atoms with Crippen LogP contribution in [0.25, 0.3) is 0 Å². The Hall–Kier alpha value is -1.55. The second kappa shape index (κ2) is 6.64. The van der Waals surface area contributed by atoms with Crippen molar-refractivity contribution in [3.63, 3.8) is 0 Å². The summed E-state index contributed by atoms with van der Waals surface area (Å²) in [5.41, 5.74) is 0.796. The van der Waals surface area contributed by atoms with Gasteiger partial charge in [-0.2, -0.15) is 0 Å². The Labute approximate surface area is 153 Å². The van der Waals surface area contributed by atoms with Gasteiger partial charge in [0, 0.05) is 10.7 Å². The van der Waals surface area contributed by atoms with Gasteiger partial charge < -0.3 is 10.1 Å². The number of halogens is 1. The maximum Gasteiger partial charge on any atom is 0.306 e. The minimum Gasteiger partial charge on any atom is -0.456 e. The smallest absolute Gasteiger partial charge is 0.306 e. The van der Waals surface area contributed by atoms with E-state index in [1.807, 2.05) is 0 Å². The molecule has 0 aliphatic heterocycles. The van der Waals surface area contributed by atoms with Crippen LogP contribution >= 0.6 is 11.6 Å². The monoisotopic (exact) mass is 361 g/mol. The highest BCUT2D eigenvalue weighted by Gasteiger charge is 2.51. The number of amides is 1. The Morgan fingerprint density at radius 1 is 1.04 bits per heavy atom. The molecule has 4 bridgehead atoms. The van der Waals surface area contributed by atoms with Crippen LogP contribution in [0.2, 0.25) is 5.02 Å². The van der Waals surface area contributed by atoms with Gasteiger partial charge in [-0.3, -0.25) is 9.59 Å². The van der Waals surface area contributed by atoms with Crippen molar-refractivity contribution in [2.24, 2.45) is 23.2 Å². The van der Waals surface area contributed by atoms with E-state index in [0.717, 1.165) is 17.8 Å². The third-order valence-corrected chi connectivity index (χ3v) is 6.43. The van der Waals surface area contributed by atoms with Crippen molar-refractivity contribution < 1.29 is 14.3 Å². The van der Waals surface area contributed by atoms with Gasteiger partial charge in [-0.1, -0.05) is 11.6 Å². The van der Waals surface area contributed by atoms with Crippen molar-refractivity contribution in [1.82, 2.24) is 0 Å². The zero-order chi connectivity index (χ0) is 17.4. The van der Waals surface area contributed by atoms with Gasteiger partial charge in [0.15, 0.2) is 6.61 Å². The molecule has 4 fully saturated rings. The predicted molar refractivity (Wildman–Crippen MR) is 96.3 cm³/mol. The lowest BCUT2D eigenvalue weighted by Gasteiger charge is -2.56. The Bertz CT molecular complexity index is 635. The minimum atomic E-state index is -0.318. The van der Waals surface area contributed by atoms with E-state index < -0.39 is 0 Å². The number of benzene rings is 1.